The van der Waals surface area contributed by atoms with Crippen molar-refractivity contribution in [1.29, 1.82) is 0 Å². The van der Waals surface area contributed by atoms with E-state index >= 15 is 0 Å². The number of urea groups is 1. The summed E-state index contributed by atoms with van der Waals surface area (Å²) < 4.78 is 0. The third-order valence-electron chi connectivity index (χ3n) is 5.59. The fourth-order valence-corrected chi connectivity index (χ4v) is 4.94. The van der Waals surface area contributed by atoms with Crippen LogP contribution in [-0.2, 0) is 22.6 Å². The summed E-state index contributed by atoms with van der Waals surface area (Å²) in [4.78, 5) is 42.3. The Bertz CT molecular complexity index is 1190. The largest absolute Gasteiger partial charge is 0.481 e. The average molecular weight is 495 g/mol. The van der Waals surface area contributed by atoms with E-state index in [-0.39, 0.29) is 13.1 Å². The minimum atomic E-state index is -1.12. The number of nitrogens with zero attached hydrogens (tertiary/aromatic N) is 2. The lowest BCUT2D eigenvalue weighted by molar-refractivity contribution is -0.141. The Labute approximate surface area is 207 Å². The minimum absolute atomic E-state index is 0.140. The first-order valence-electron chi connectivity index (χ1n) is 10.8. The lowest BCUT2D eigenvalue weighted by Gasteiger charge is -2.22. The van der Waals surface area contributed by atoms with Crippen LogP contribution in [0.25, 0.3) is 0 Å². The van der Waals surface area contributed by atoms with Crippen LogP contribution in [0.1, 0.15) is 17.5 Å². The topological polar surface area (TPSA) is 77.9 Å². The molecule has 34 heavy (non-hydrogen) atoms. The Hall–Kier alpha value is -3.29. The van der Waals surface area contributed by atoms with Crippen molar-refractivity contribution in [3.63, 3.8) is 0 Å². The van der Waals surface area contributed by atoms with E-state index in [1.54, 1.807) is 0 Å². The van der Waals surface area contributed by atoms with Crippen LogP contribution < -0.4 is 0 Å². The third kappa shape index (κ3) is 5.61. The number of hydrogen-bond acceptors (Lipinski definition) is 4. The second-order valence-electron chi connectivity index (χ2n) is 7.91. The van der Waals surface area contributed by atoms with Gasteiger partial charge >= 0.3 is 12.0 Å². The molecule has 0 bridgehead atoms. The first-order valence-corrected chi connectivity index (χ1v) is 12.0. The molecular formula is C26H23ClN2O4S. The van der Waals surface area contributed by atoms with Gasteiger partial charge in [0.2, 0.25) is 0 Å². The van der Waals surface area contributed by atoms with Gasteiger partial charge in [-0.1, -0.05) is 71.9 Å². The van der Waals surface area contributed by atoms with Crippen LogP contribution in [-0.4, -0.2) is 45.4 Å². The Morgan fingerprint density at radius 1 is 0.941 bits per heavy atom. The number of carboxylic acid groups (broad SMARTS) is 1. The van der Waals surface area contributed by atoms with Crippen molar-refractivity contribution in [2.45, 2.75) is 35.2 Å². The molecule has 0 saturated carbocycles. The van der Waals surface area contributed by atoms with E-state index in [4.69, 9.17) is 11.6 Å². The molecular weight excluding hydrogens is 472 g/mol. The van der Waals surface area contributed by atoms with Gasteiger partial charge in [0.15, 0.2) is 0 Å². The zero-order valence-corrected chi connectivity index (χ0v) is 19.8. The zero-order valence-electron chi connectivity index (χ0n) is 18.3. The second-order valence-corrected chi connectivity index (χ2v) is 9.47. The van der Waals surface area contributed by atoms with Crippen molar-refractivity contribution in [1.82, 2.24) is 9.80 Å². The molecule has 1 aliphatic rings. The number of rotatable bonds is 9. The smallest absolute Gasteiger partial charge is 0.327 e. The Kier molecular flexibility index (Phi) is 7.55. The summed E-state index contributed by atoms with van der Waals surface area (Å²) in [6.07, 6.45) is 0.0772. The molecule has 0 radical (unpaired) electrons. The molecule has 8 heteroatoms. The monoisotopic (exact) mass is 494 g/mol. The van der Waals surface area contributed by atoms with Crippen LogP contribution in [0.5, 0.6) is 0 Å². The zero-order chi connectivity index (χ0) is 24.1. The van der Waals surface area contributed by atoms with Gasteiger partial charge in [-0.3, -0.25) is 14.5 Å². The molecule has 0 unspecified atom stereocenters. The molecule has 1 fully saturated rings. The number of amides is 3. The van der Waals surface area contributed by atoms with E-state index in [9.17, 15) is 19.5 Å². The predicted molar refractivity (Wildman–Crippen MR) is 131 cm³/mol. The summed E-state index contributed by atoms with van der Waals surface area (Å²) in [6.45, 7) is 0.344. The van der Waals surface area contributed by atoms with Gasteiger partial charge in [-0.2, -0.15) is 0 Å². The molecule has 3 aromatic carbocycles. The minimum Gasteiger partial charge on any atom is -0.481 e. The highest BCUT2D eigenvalue weighted by Crippen LogP contribution is 2.33. The van der Waals surface area contributed by atoms with E-state index in [1.807, 2.05) is 78.9 Å². The Balaban J connectivity index is 1.55. The van der Waals surface area contributed by atoms with Gasteiger partial charge in [0.05, 0.1) is 6.42 Å². The van der Waals surface area contributed by atoms with E-state index in [2.05, 4.69) is 0 Å². The van der Waals surface area contributed by atoms with Gasteiger partial charge in [-0.25, -0.2) is 4.79 Å². The average Bonchev–Trinajstić information content (AvgIpc) is 3.04. The van der Waals surface area contributed by atoms with Gasteiger partial charge in [-0.05, 0) is 47.9 Å². The SMILES string of the molecule is O=C(O)C[C@H]1C(=O)N(CCc2ccccc2)C(=O)N1Cc1ccccc1Sc1ccc(Cl)cc1. The van der Waals surface area contributed by atoms with Crippen molar-refractivity contribution < 1.29 is 19.5 Å². The molecule has 4 rings (SSSR count). The molecule has 1 saturated heterocycles. The number of hydrogen-bond donors (Lipinski definition) is 1. The number of imide groups is 1. The van der Waals surface area contributed by atoms with Crippen molar-refractivity contribution in [3.05, 3.63) is 95.0 Å². The van der Waals surface area contributed by atoms with Crippen LogP contribution >= 0.6 is 23.4 Å². The molecule has 6 nitrogen and oxygen atoms in total. The Morgan fingerprint density at radius 2 is 1.62 bits per heavy atom. The van der Waals surface area contributed by atoms with Crippen molar-refractivity contribution in [2.75, 3.05) is 6.54 Å². The second kappa shape index (κ2) is 10.8. The van der Waals surface area contributed by atoms with E-state index in [0.717, 1.165) is 20.9 Å². The van der Waals surface area contributed by atoms with E-state index in [0.29, 0.717) is 11.4 Å². The van der Waals surface area contributed by atoms with Gasteiger partial charge in [-0.15, -0.1) is 0 Å². The maximum Gasteiger partial charge on any atom is 0.327 e. The van der Waals surface area contributed by atoms with Crippen LogP contribution in [0.2, 0.25) is 5.02 Å². The van der Waals surface area contributed by atoms with Crippen molar-refractivity contribution in [2.24, 2.45) is 0 Å². The van der Waals surface area contributed by atoms with Crippen molar-refractivity contribution >= 4 is 41.3 Å². The summed E-state index contributed by atoms with van der Waals surface area (Å²) in [5.74, 6) is -1.59. The summed E-state index contributed by atoms with van der Waals surface area (Å²) in [5.41, 5.74) is 1.84. The van der Waals surface area contributed by atoms with Gasteiger partial charge < -0.3 is 10.0 Å². The highest BCUT2D eigenvalue weighted by atomic mass is 35.5. The summed E-state index contributed by atoms with van der Waals surface area (Å²) in [7, 11) is 0. The molecule has 0 aromatic heterocycles. The number of halogens is 1. The molecule has 1 atom stereocenters. The van der Waals surface area contributed by atoms with Crippen LogP contribution in [0.15, 0.2) is 88.7 Å². The predicted octanol–water partition coefficient (Wildman–Crippen LogP) is 5.34. The molecule has 0 aliphatic carbocycles. The van der Waals surface area contributed by atoms with Crippen LogP contribution in [0.3, 0.4) is 0 Å². The maximum atomic E-state index is 13.3. The number of carbonyl (C=O) groups is 3. The van der Waals surface area contributed by atoms with E-state index < -0.39 is 30.4 Å². The third-order valence-corrected chi connectivity index (χ3v) is 6.97. The molecule has 1 aliphatic heterocycles. The molecule has 1 heterocycles. The number of carbonyl (C=O) groups excluding carboxylic acids is 2. The molecule has 1 N–H and O–H groups in total. The summed E-state index contributed by atoms with van der Waals surface area (Å²) >= 11 is 7.51. The first kappa shape index (κ1) is 23.9. The normalized spacial score (nSPS) is 15.7. The van der Waals surface area contributed by atoms with E-state index in [1.165, 1.54) is 21.6 Å². The molecule has 3 aromatic rings. The summed E-state index contributed by atoms with van der Waals surface area (Å²) in [5, 5.41) is 10.0. The number of carboxylic acids is 1. The fraction of sp³-hybridized carbons (Fsp3) is 0.192. The molecule has 0 spiro atoms. The molecule has 174 valence electrons. The lowest BCUT2D eigenvalue weighted by atomic mass is 10.1. The lowest BCUT2D eigenvalue weighted by Crippen LogP contribution is -2.36. The highest BCUT2D eigenvalue weighted by Gasteiger charge is 2.45. The molecule has 3 amide bonds. The Morgan fingerprint density at radius 3 is 2.32 bits per heavy atom. The van der Waals surface area contributed by atoms with Crippen molar-refractivity contribution in [3.8, 4) is 0 Å². The quantitative estimate of drug-likeness (QED) is 0.406. The van der Waals surface area contributed by atoms with Gasteiger partial charge in [0, 0.05) is 27.9 Å². The summed E-state index contributed by atoms with van der Waals surface area (Å²) in [6, 6.07) is 23.1. The number of benzene rings is 3. The fourth-order valence-electron chi connectivity index (χ4n) is 3.88. The van der Waals surface area contributed by atoms with Crippen LogP contribution in [0.4, 0.5) is 4.79 Å². The van der Waals surface area contributed by atoms with Gasteiger partial charge in [0.25, 0.3) is 5.91 Å². The first-order chi connectivity index (χ1) is 16.4. The standard InChI is InChI=1S/C26H23ClN2O4S/c27-20-10-12-21(13-11-20)34-23-9-5-4-8-19(23)17-29-22(16-24(30)31)25(32)28(26(29)33)15-14-18-6-2-1-3-7-18/h1-13,22H,14-17H2,(H,30,31)/t22-/m0/s1. The number of aliphatic carboxylic acids is 1. The maximum absolute atomic E-state index is 13.3. The van der Waals surface area contributed by atoms with Crippen LogP contribution in [0, 0.1) is 0 Å². The highest BCUT2D eigenvalue weighted by molar-refractivity contribution is 7.99. The van der Waals surface area contributed by atoms with Gasteiger partial charge in [0.1, 0.15) is 6.04 Å².